The van der Waals surface area contributed by atoms with E-state index in [9.17, 15) is 0 Å². The molecule has 1 atom stereocenters. The summed E-state index contributed by atoms with van der Waals surface area (Å²) in [6.45, 7) is 9.96. The Morgan fingerprint density at radius 1 is 1.29 bits per heavy atom. The molecule has 1 aliphatic heterocycles. The van der Waals surface area contributed by atoms with Crippen LogP contribution in [0.2, 0.25) is 0 Å². The van der Waals surface area contributed by atoms with E-state index in [0.29, 0.717) is 5.96 Å². The molecule has 4 heteroatoms. The van der Waals surface area contributed by atoms with Crippen molar-refractivity contribution in [1.29, 1.82) is 0 Å². The van der Waals surface area contributed by atoms with Gasteiger partial charge in [-0.1, -0.05) is 13.0 Å². The van der Waals surface area contributed by atoms with Gasteiger partial charge in [0.1, 0.15) is 0 Å². The number of aryl methyl sites for hydroxylation is 2. The van der Waals surface area contributed by atoms with Crippen LogP contribution in [-0.4, -0.2) is 36.0 Å². The highest BCUT2D eigenvalue weighted by atomic mass is 15.2. The summed E-state index contributed by atoms with van der Waals surface area (Å²) >= 11 is 0. The normalized spacial score (nSPS) is 22.5. The van der Waals surface area contributed by atoms with E-state index in [2.05, 4.69) is 54.2 Å². The average molecular weight is 329 g/mol. The largest absolute Gasteiger partial charge is 0.370 e. The van der Waals surface area contributed by atoms with Crippen molar-refractivity contribution < 1.29 is 0 Å². The summed E-state index contributed by atoms with van der Waals surface area (Å²) in [6, 6.07) is 6.56. The lowest BCUT2D eigenvalue weighted by molar-refractivity contribution is 0.0775. The van der Waals surface area contributed by atoms with Crippen LogP contribution in [0.4, 0.5) is 5.69 Å². The molecule has 1 aromatic rings. The smallest absolute Gasteiger partial charge is 0.193 e. The number of rotatable bonds is 4. The van der Waals surface area contributed by atoms with Gasteiger partial charge in [-0.2, -0.15) is 0 Å². The third-order valence-electron chi connectivity index (χ3n) is 5.52. The quantitative estimate of drug-likeness (QED) is 0.658. The van der Waals surface area contributed by atoms with Gasteiger partial charge >= 0.3 is 0 Å². The van der Waals surface area contributed by atoms with Crippen LogP contribution in [0.3, 0.4) is 0 Å². The molecule has 2 aliphatic rings. The molecule has 1 unspecified atom stereocenters. The van der Waals surface area contributed by atoms with Gasteiger partial charge in [-0.05, 0) is 81.7 Å². The topological polar surface area (TPSA) is 53.6 Å². The number of hydrogen-bond donors (Lipinski definition) is 2. The summed E-state index contributed by atoms with van der Waals surface area (Å²) in [5, 5.41) is 3.27. The molecular weight excluding hydrogens is 296 g/mol. The van der Waals surface area contributed by atoms with Crippen molar-refractivity contribution in [2.45, 2.75) is 58.4 Å². The van der Waals surface area contributed by atoms with Crippen molar-refractivity contribution in [1.82, 2.24) is 4.90 Å². The molecule has 1 fully saturated rings. The van der Waals surface area contributed by atoms with E-state index in [1.807, 2.05) is 0 Å². The standard InChI is InChI=1S/C20H32N4/c1-15-6-5-11-24(13-15)20(2,3)14-22-19(21)23-18-10-9-16-7-4-8-17(16)12-18/h9-10,12,15H,4-8,11,13-14H2,1-3H3,(H3,21,22,23). The predicted molar refractivity (Wildman–Crippen MR) is 103 cm³/mol. The van der Waals surface area contributed by atoms with Gasteiger partial charge in [0, 0.05) is 17.8 Å². The molecule has 24 heavy (non-hydrogen) atoms. The lowest BCUT2D eigenvalue weighted by Gasteiger charge is -2.42. The van der Waals surface area contributed by atoms with Crippen LogP contribution in [0.1, 0.15) is 51.2 Å². The summed E-state index contributed by atoms with van der Waals surface area (Å²) in [5.41, 5.74) is 10.2. The molecule has 0 saturated carbocycles. The molecular formula is C20H32N4. The van der Waals surface area contributed by atoms with Gasteiger partial charge in [0.05, 0.1) is 6.54 Å². The highest BCUT2D eigenvalue weighted by molar-refractivity contribution is 5.92. The molecule has 3 N–H and O–H groups in total. The first kappa shape index (κ1) is 17.3. The SMILES string of the molecule is CC1CCCN(C(C)(C)CN=C(N)Nc2ccc3c(c2)CCC3)C1. The van der Waals surface area contributed by atoms with Crippen LogP contribution in [0.5, 0.6) is 0 Å². The van der Waals surface area contributed by atoms with Gasteiger partial charge in [-0.25, -0.2) is 0 Å². The number of anilines is 1. The van der Waals surface area contributed by atoms with E-state index < -0.39 is 0 Å². The highest BCUT2D eigenvalue weighted by Crippen LogP contribution is 2.25. The molecule has 3 rings (SSSR count). The maximum Gasteiger partial charge on any atom is 0.193 e. The molecule has 1 saturated heterocycles. The molecule has 0 spiro atoms. The molecule has 132 valence electrons. The fraction of sp³-hybridized carbons (Fsp3) is 0.650. The van der Waals surface area contributed by atoms with E-state index in [4.69, 9.17) is 5.73 Å². The number of aliphatic imine (C=N–C) groups is 1. The molecule has 0 radical (unpaired) electrons. The monoisotopic (exact) mass is 328 g/mol. The Balaban J connectivity index is 1.59. The molecule has 1 aliphatic carbocycles. The number of nitrogens with two attached hydrogens (primary N) is 1. The Bertz CT molecular complexity index is 606. The first-order valence-corrected chi connectivity index (χ1v) is 9.38. The number of piperidine rings is 1. The van der Waals surface area contributed by atoms with Crippen molar-refractivity contribution in [3.8, 4) is 0 Å². The van der Waals surface area contributed by atoms with Crippen molar-refractivity contribution in [3.05, 3.63) is 29.3 Å². The number of benzene rings is 1. The summed E-state index contributed by atoms with van der Waals surface area (Å²) < 4.78 is 0. The molecule has 1 aromatic carbocycles. The van der Waals surface area contributed by atoms with Crippen molar-refractivity contribution in [2.75, 3.05) is 25.0 Å². The molecule has 0 bridgehead atoms. The zero-order valence-corrected chi connectivity index (χ0v) is 15.4. The summed E-state index contributed by atoms with van der Waals surface area (Å²) in [4.78, 5) is 7.19. The van der Waals surface area contributed by atoms with Gasteiger partial charge in [0.15, 0.2) is 5.96 Å². The van der Waals surface area contributed by atoms with Crippen molar-refractivity contribution >= 4 is 11.6 Å². The minimum atomic E-state index is 0.0545. The van der Waals surface area contributed by atoms with Crippen LogP contribution < -0.4 is 11.1 Å². The summed E-state index contributed by atoms with van der Waals surface area (Å²) in [7, 11) is 0. The second-order valence-corrected chi connectivity index (χ2v) is 8.17. The van der Waals surface area contributed by atoms with E-state index in [1.54, 1.807) is 0 Å². The second-order valence-electron chi connectivity index (χ2n) is 8.17. The molecule has 0 amide bonds. The Labute approximate surface area is 146 Å². The van der Waals surface area contributed by atoms with Gasteiger partial charge in [0.25, 0.3) is 0 Å². The van der Waals surface area contributed by atoms with Gasteiger partial charge < -0.3 is 11.1 Å². The third kappa shape index (κ3) is 4.10. The minimum Gasteiger partial charge on any atom is -0.370 e. The number of nitrogens with one attached hydrogen (secondary N) is 1. The van der Waals surface area contributed by atoms with E-state index in [1.165, 1.54) is 56.3 Å². The van der Waals surface area contributed by atoms with E-state index >= 15 is 0 Å². The summed E-state index contributed by atoms with van der Waals surface area (Å²) in [5.74, 6) is 1.30. The van der Waals surface area contributed by atoms with Gasteiger partial charge in [0.2, 0.25) is 0 Å². The average Bonchev–Trinajstić information content (AvgIpc) is 3.01. The first-order valence-electron chi connectivity index (χ1n) is 9.38. The second kappa shape index (κ2) is 7.14. The fourth-order valence-electron chi connectivity index (χ4n) is 3.95. The van der Waals surface area contributed by atoms with Crippen LogP contribution >= 0.6 is 0 Å². The third-order valence-corrected chi connectivity index (χ3v) is 5.52. The number of fused-ring (bicyclic) bond motifs is 1. The lowest BCUT2D eigenvalue weighted by Crippen LogP contribution is -2.51. The Kier molecular flexibility index (Phi) is 5.14. The fourth-order valence-corrected chi connectivity index (χ4v) is 3.95. The first-order chi connectivity index (χ1) is 11.4. The predicted octanol–water partition coefficient (Wildman–Crippen LogP) is 3.41. The number of guanidine groups is 1. The Hall–Kier alpha value is -1.55. The Morgan fingerprint density at radius 3 is 2.88 bits per heavy atom. The number of hydrogen-bond acceptors (Lipinski definition) is 2. The van der Waals surface area contributed by atoms with Gasteiger partial charge in [-0.15, -0.1) is 0 Å². The van der Waals surface area contributed by atoms with Crippen molar-refractivity contribution in [3.63, 3.8) is 0 Å². The zero-order valence-electron chi connectivity index (χ0n) is 15.4. The highest BCUT2D eigenvalue weighted by Gasteiger charge is 2.29. The van der Waals surface area contributed by atoms with Crippen LogP contribution in [0.25, 0.3) is 0 Å². The molecule has 1 heterocycles. The van der Waals surface area contributed by atoms with Crippen molar-refractivity contribution in [2.24, 2.45) is 16.6 Å². The Morgan fingerprint density at radius 2 is 2.08 bits per heavy atom. The summed E-state index contributed by atoms with van der Waals surface area (Å²) in [6.07, 6.45) is 6.30. The van der Waals surface area contributed by atoms with Crippen LogP contribution in [0, 0.1) is 5.92 Å². The number of nitrogens with zero attached hydrogens (tertiary/aromatic N) is 2. The lowest BCUT2D eigenvalue weighted by atomic mass is 9.94. The minimum absolute atomic E-state index is 0.0545. The van der Waals surface area contributed by atoms with Crippen LogP contribution in [-0.2, 0) is 12.8 Å². The van der Waals surface area contributed by atoms with E-state index in [-0.39, 0.29) is 5.54 Å². The zero-order chi connectivity index (χ0) is 17.2. The van der Waals surface area contributed by atoms with Gasteiger partial charge in [-0.3, -0.25) is 9.89 Å². The molecule has 4 nitrogen and oxygen atoms in total. The number of likely N-dealkylation sites (tertiary alicyclic amines) is 1. The van der Waals surface area contributed by atoms with Crippen LogP contribution in [0.15, 0.2) is 23.2 Å². The maximum atomic E-state index is 6.14. The molecule has 0 aromatic heterocycles. The van der Waals surface area contributed by atoms with E-state index in [0.717, 1.165) is 18.2 Å². The maximum absolute atomic E-state index is 6.14.